The summed E-state index contributed by atoms with van der Waals surface area (Å²) in [6.45, 7) is 4.83. The number of hydrogen-bond donors (Lipinski definition) is 0. The molecule has 4 rings (SSSR count). The Morgan fingerprint density at radius 3 is 2.78 bits per heavy atom. The van der Waals surface area contributed by atoms with E-state index in [4.69, 9.17) is 4.74 Å². The molecule has 7 nitrogen and oxygen atoms in total. The zero-order valence-electron chi connectivity index (χ0n) is 14.8. The van der Waals surface area contributed by atoms with E-state index in [0.29, 0.717) is 18.7 Å². The van der Waals surface area contributed by atoms with Gasteiger partial charge in [-0.1, -0.05) is 0 Å². The Labute approximate surface area is 155 Å². The van der Waals surface area contributed by atoms with E-state index < -0.39 is 4.92 Å². The first-order valence-electron chi connectivity index (χ1n) is 8.77. The molecule has 0 amide bonds. The summed E-state index contributed by atoms with van der Waals surface area (Å²) in [5.74, 6) is 0.438. The van der Waals surface area contributed by atoms with Crippen molar-refractivity contribution in [1.29, 1.82) is 0 Å². The maximum atomic E-state index is 13.4. The normalized spacial score (nSPS) is 18.1. The van der Waals surface area contributed by atoms with E-state index >= 15 is 0 Å². The Morgan fingerprint density at radius 1 is 1.30 bits per heavy atom. The number of nitro benzene ring substituents is 1. The summed E-state index contributed by atoms with van der Waals surface area (Å²) < 4.78 is 20.9. The molecule has 1 aromatic heterocycles. The minimum absolute atomic E-state index is 0.00204. The third-order valence-corrected chi connectivity index (χ3v) is 4.69. The number of halogens is 1. The molecule has 0 saturated carbocycles. The fraction of sp³-hybridized carbons (Fsp3) is 0.316. The van der Waals surface area contributed by atoms with E-state index in [1.54, 1.807) is 18.2 Å². The predicted octanol–water partition coefficient (Wildman–Crippen LogP) is 3.29. The SMILES string of the molecule is C[C@@H]1CN(Cc2nc3cc([N+](=O)[O-])ccc3n2-c2ccc(F)cc2)CCO1. The fourth-order valence-corrected chi connectivity index (χ4v) is 3.45. The zero-order valence-corrected chi connectivity index (χ0v) is 14.8. The molecule has 1 aliphatic heterocycles. The molecule has 1 saturated heterocycles. The van der Waals surface area contributed by atoms with Crippen molar-refractivity contribution in [3.05, 3.63) is 64.2 Å². The number of nitrogens with zero attached hydrogens (tertiary/aromatic N) is 4. The van der Waals surface area contributed by atoms with Crippen molar-refractivity contribution in [3.63, 3.8) is 0 Å². The number of benzene rings is 2. The van der Waals surface area contributed by atoms with Gasteiger partial charge in [0.1, 0.15) is 11.6 Å². The van der Waals surface area contributed by atoms with E-state index in [0.717, 1.165) is 30.1 Å². The van der Waals surface area contributed by atoms with Crippen LogP contribution in [0.3, 0.4) is 0 Å². The Morgan fingerprint density at radius 2 is 2.07 bits per heavy atom. The Kier molecular flexibility index (Phi) is 4.59. The van der Waals surface area contributed by atoms with Gasteiger partial charge in [-0.15, -0.1) is 0 Å². The molecule has 0 spiro atoms. The van der Waals surface area contributed by atoms with Crippen molar-refractivity contribution in [3.8, 4) is 5.69 Å². The quantitative estimate of drug-likeness (QED) is 0.520. The van der Waals surface area contributed by atoms with Gasteiger partial charge in [0.25, 0.3) is 5.69 Å². The molecule has 0 N–H and O–H groups in total. The van der Waals surface area contributed by atoms with Crippen molar-refractivity contribution in [1.82, 2.24) is 14.5 Å². The van der Waals surface area contributed by atoms with E-state index in [1.807, 2.05) is 11.5 Å². The standard InChI is InChI=1S/C19H19FN4O3/c1-13-11-22(8-9-27-13)12-19-21-17-10-16(24(25)26)6-7-18(17)23(19)15-4-2-14(20)3-5-15/h2-7,10,13H,8-9,11-12H2,1H3/t13-/m1/s1. The molecule has 2 heterocycles. The number of non-ortho nitro benzene ring substituents is 1. The van der Waals surface area contributed by atoms with Crippen molar-refractivity contribution in [2.75, 3.05) is 19.7 Å². The minimum atomic E-state index is -0.431. The molecule has 3 aromatic rings. The second-order valence-electron chi connectivity index (χ2n) is 6.69. The van der Waals surface area contributed by atoms with Crippen LogP contribution < -0.4 is 0 Å². The van der Waals surface area contributed by atoms with Gasteiger partial charge in [0.15, 0.2) is 0 Å². The van der Waals surface area contributed by atoms with Gasteiger partial charge in [-0.25, -0.2) is 9.37 Å². The van der Waals surface area contributed by atoms with Crippen molar-refractivity contribution in [2.24, 2.45) is 0 Å². The van der Waals surface area contributed by atoms with Gasteiger partial charge >= 0.3 is 0 Å². The summed E-state index contributed by atoms with van der Waals surface area (Å²) in [4.78, 5) is 17.6. The zero-order chi connectivity index (χ0) is 19.0. The van der Waals surface area contributed by atoms with Gasteiger partial charge in [0.05, 0.1) is 35.2 Å². The summed E-state index contributed by atoms with van der Waals surface area (Å²) in [6, 6.07) is 10.8. The predicted molar refractivity (Wildman–Crippen MR) is 98.4 cm³/mol. The number of morpholine rings is 1. The number of ether oxygens (including phenoxy) is 1. The van der Waals surface area contributed by atoms with Crippen molar-refractivity contribution < 1.29 is 14.1 Å². The average molecular weight is 370 g/mol. The number of aromatic nitrogens is 2. The molecule has 140 valence electrons. The number of hydrogen-bond acceptors (Lipinski definition) is 5. The van der Waals surface area contributed by atoms with Crippen molar-refractivity contribution >= 4 is 16.7 Å². The van der Waals surface area contributed by atoms with Crippen LogP contribution in [-0.2, 0) is 11.3 Å². The van der Waals surface area contributed by atoms with Gasteiger partial charge in [-0.3, -0.25) is 19.6 Å². The lowest BCUT2D eigenvalue weighted by Gasteiger charge is -2.30. The maximum Gasteiger partial charge on any atom is 0.271 e. The van der Waals surface area contributed by atoms with Crippen LogP contribution in [-0.4, -0.2) is 45.2 Å². The van der Waals surface area contributed by atoms with Gasteiger partial charge in [-0.2, -0.15) is 0 Å². The number of nitro groups is 1. The molecule has 2 aromatic carbocycles. The molecular formula is C19H19FN4O3. The van der Waals surface area contributed by atoms with Crippen LogP contribution >= 0.6 is 0 Å². The topological polar surface area (TPSA) is 73.4 Å². The first kappa shape index (κ1) is 17.6. The van der Waals surface area contributed by atoms with E-state index in [9.17, 15) is 14.5 Å². The Balaban J connectivity index is 1.80. The summed E-state index contributed by atoms with van der Waals surface area (Å²) in [5.41, 5.74) is 2.07. The smallest absolute Gasteiger partial charge is 0.271 e. The number of fused-ring (bicyclic) bond motifs is 1. The first-order chi connectivity index (χ1) is 13.0. The number of rotatable bonds is 4. The van der Waals surface area contributed by atoms with Crippen molar-refractivity contribution in [2.45, 2.75) is 19.6 Å². The van der Waals surface area contributed by atoms with Gasteiger partial charge in [-0.05, 0) is 37.3 Å². The van der Waals surface area contributed by atoms with Crippen LogP contribution in [0, 0.1) is 15.9 Å². The Bertz CT molecular complexity index is 987. The molecule has 1 aliphatic rings. The van der Waals surface area contributed by atoms with Gasteiger partial charge < -0.3 is 4.74 Å². The first-order valence-corrected chi connectivity index (χ1v) is 8.77. The molecule has 1 atom stereocenters. The fourth-order valence-electron chi connectivity index (χ4n) is 3.45. The summed E-state index contributed by atoms with van der Waals surface area (Å²) >= 11 is 0. The van der Waals surface area contributed by atoms with Crippen LogP contribution in [0.5, 0.6) is 0 Å². The highest BCUT2D eigenvalue weighted by Crippen LogP contribution is 2.26. The molecule has 8 heteroatoms. The summed E-state index contributed by atoms with van der Waals surface area (Å²) in [7, 11) is 0. The van der Waals surface area contributed by atoms with Crippen LogP contribution in [0.2, 0.25) is 0 Å². The number of imidazole rings is 1. The Hall–Kier alpha value is -2.84. The van der Waals surface area contributed by atoms with Gasteiger partial charge in [0, 0.05) is 30.9 Å². The molecule has 27 heavy (non-hydrogen) atoms. The van der Waals surface area contributed by atoms with Crippen LogP contribution in [0.25, 0.3) is 16.7 Å². The summed E-state index contributed by atoms with van der Waals surface area (Å²) in [5, 5.41) is 11.1. The van der Waals surface area contributed by atoms with Crippen LogP contribution in [0.1, 0.15) is 12.7 Å². The molecule has 0 aliphatic carbocycles. The lowest BCUT2D eigenvalue weighted by Crippen LogP contribution is -2.40. The second-order valence-corrected chi connectivity index (χ2v) is 6.69. The molecule has 0 bridgehead atoms. The highest BCUT2D eigenvalue weighted by molar-refractivity contribution is 5.80. The molecular weight excluding hydrogens is 351 g/mol. The van der Waals surface area contributed by atoms with Crippen LogP contribution in [0.4, 0.5) is 10.1 Å². The molecule has 1 fully saturated rings. The monoisotopic (exact) mass is 370 g/mol. The third-order valence-electron chi connectivity index (χ3n) is 4.69. The third kappa shape index (κ3) is 3.54. The average Bonchev–Trinajstić information content (AvgIpc) is 2.99. The van der Waals surface area contributed by atoms with E-state index in [-0.39, 0.29) is 17.6 Å². The largest absolute Gasteiger partial charge is 0.376 e. The molecule has 0 radical (unpaired) electrons. The van der Waals surface area contributed by atoms with Gasteiger partial charge in [0.2, 0.25) is 0 Å². The lowest BCUT2D eigenvalue weighted by molar-refractivity contribution is -0.384. The summed E-state index contributed by atoms with van der Waals surface area (Å²) in [6.07, 6.45) is 0.142. The lowest BCUT2D eigenvalue weighted by atomic mass is 10.2. The minimum Gasteiger partial charge on any atom is -0.376 e. The van der Waals surface area contributed by atoms with E-state index in [2.05, 4.69) is 9.88 Å². The highest BCUT2D eigenvalue weighted by atomic mass is 19.1. The highest BCUT2D eigenvalue weighted by Gasteiger charge is 2.21. The second kappa shape index (κ2) is 7.05. The molecule has 0 unspecified atom stereocenters. The maximum absolute atomic E-state index is 13.4. The van der Waals surface area contributed by atoms with E-state index in [1.165, 1.54) is 24.3 Å². The van der Waals surface area contributed by atoms with Crippen LogP contribution in [0.15, 0.2) is 42.5 Å².